The second-order valence-electron chi connectivity index (χ2n) is 6.34. The van der Waals surface area contributed by atoms with Crippen LogP contribution in [0.15, 0.2) is 18.2 Å². The number of amides is 1. The Kier molecular flexibility index (Phi) is 7.94. The average molecular weight is 370 g/mol. The Balaban J connectivity index is 2.86. The number of carbonyl (C=O) groups is 1. The fraction of sp³-hybridized carbons (Fsp3) is 0.611. The van der Waals surface area contributed by atoms with Crippen molar-refractivity contribution in [1.29, 1.82) is 0 Å². The number of ether oxygens (including phenoxy) is 1. The molecule has 0 saturated heterocycles. The van der Waals surface area contributed by atoms with Gasteiger partial charge in [-0.25, -0.2) is 0 Å². The molecule has 1 N–H and O–H groups in total. The fourth-order valence-electron chi connectivity index (χ4n) is 2.20. The number of hydrogen-bond acceptors (Lipinski definition) is 2. The van der Waals surface area contributed by atoms with E-state index in [-0.39, 0.29) is 11.8 Å². The summed E-state index contributed by atoms with van der Waals surface area (Å²) < 4.78 is 5.69. The largest absolute Gasteiger partial charge is 0.492 e. The molecule has 1 aromatic rings. The van der Waals surface area contributed by atoms with Crippen LogP contribution < -0.4 is 10.1 Å². The topological polar surface area (TPSA) is 38.3 Å². The SMILES string of the molecule is CCOc1cc(CC(Br)CC(C)C)ccc1NC(=O)C(C)C. The molecule has 0 aliphatic carbocycles. The summed E-state index contributed by atoms with van der Waals surface area (Å²) >= 11 is 3.75. The van der Waals surface area contributed by atoms with E-state index in [0.717, 1.165) is 24.3 Å². The Morgan fingerprint density at radius 2 is 1.95 bits per heavy atom. The van der Waals surface area contributed by atoms with Crippen LogP contribution in [0.25, 0.3) is 0 Å². The molecular weight excluding hydrogens is 342 g/mol. The van der Waals surface area contributed by atoms with Gasteiger partial charge in [0.05, 0.1) is 12.3 Å². The Hall–Kier alpha value is -1.03. The van der Waals surface area contributed by atoms with E-state index in [4.69, 9.17) is 4.74 Å². The molecule has 22 heavy (non-hydrogen) atoms. The summed E-state index contributed by atoms with van der Waals surface area (Å²) in [5.74, 6) is 1.37. The van der Waals surface area contributed by atoms with E-state index < -0.39 is 0 Å². The molecule has 1 unspecified atom stereocenters. The number of halogens is 1. The maximum Gasteiger partial charge on any atom is 0.227 e. The first-order valence-electron chi connectivity index (χ1n) is 8.04. The molecule has 0 aromatic heterocycles. The summed E-state index contributed by atoms with van der Waals surface area (Å²) in [5.41, 5.74) is 1.97. The van der Waals surface area contributed by atoms with Crippen LogP contribution in [-0.2, 0) is 11.2 Å². The third-order valence-corrected chi connectivity index (χ3v) is 4.01. The molecular formula is C18H28BrNO2. The van der Waals surface area contributed by atoms with Crippen LogP contribution in [0.3, 0.4) is 0 Å². The van der Waals surface area contributed by atoms with Crippen molar-refractivity contribution in [2.24, 2.45) is 11.8 Å². The second-order valence-corrected chi connectivity index (χ2v) is 7.63. The van der Waals surface area contributed by atoms with Gasteiger partial charge in [0.15, 0.2) is 0 Å². The molecule has 1 amide bonds. The lowest BCUT2D eigenvalue weighted by Crippen LogP contribution is -2.18. The highest BCUT2D eigenvalue weighted by Crippen LogP contribution is 2.28. The van der Waals surface area contributed by atoms with E-state index >= 15 is 0 Å². The number of rotatable bonds is 8. The Morgan fingerprint density at radius 1 is 1.27 bits per heavy atom. The third-order valence-electron chi connectivity index (χ3n) is 3.31. The van der Waals surface area contributed by atoms with Crippen molar-refractivity contribution in [3.8, 4) is 5.75 Å². The predicted molar refractivity (Wildman–Crippen MR) is 97.0 cm³/mol. The van der Waals surface area contributed by atoms with Crippen LogP contribution in [-0.4, -0.2) is 17.3 Å². The van der Waals surface area contributed by atoms with Crippen LogP contribution in [0.1, 0.15) is 46.6 Å². The highest BCUT2D eigenvalue weighted by Gasteiger charge is 2.13. The summed E-state index contributed by atoms with van der Waals surface area (Å²) in [6, 6.07) is 6.04. The van der Waals surface area contributed by atoms with Gasteiger partial charge in [0.1, 0.15) is 5.75 Å². The molecule has 0 saturated carbocycles. The number of alkyl halides is 1. The van der Waals surface area contributed by atoms with Crippen molar-refractivity contribution in [3.05, 3.63) is 23.8 Å². The van der Waals surface area contributed by atoms with Gasteiger partial charge < -0.3 is 10.1 Å². The minimum absolute atomic E-state index is 0.00637. The van der Waals surface area contributed by atoms with Crippen molar-refractivity contribution < 1.29 is 9.53 Å². The van der Waals surface area contributed by atoms with E-state index in [0.29, 0.717) is 17.4 Å². The summed E-state index contributed by atoms with van der Waals surface area (Å²) in [6.07, 6.45) is 2.09. The van der Waals surface area contributed by atoms with Crippen LogP contribution in [0, 0.1) is 11.8 Å². The van der Waals surface area contributed by atoms with Gasteiger partial charge in [-0.05, 0) is 43.4 Å². The number of anilines is 1. The first-order chi connectivity index (χ1) is 10.3. The summed E-state index contributed by atoms with van der Waals surface area (Å²) in [6.45, 7) is 10.7. The quantitative estimate of drug-likeness (QED) is 0.652. The third kappa shape index (κ3) is 6.39. The molecule has 0 aliphatic rings. The van der Waals surface area contributed by atoms with Crippen LogP contribution in [0.2, 0.25) is 0 Å². The standard InChI is InChI=1S/C18H28BrNO2/c1-6-22-17-11-14(10-15(19)9-12(2)3)7-8-16(17)20-18(21)13(4)5/h7-8,11-13,15H,6,9-10H2,1-5H3,(H,20,21). The molecule has 0 aliphatic heterocycles. The number of benzene rings is 1. The predicted octanol–water partition coefficient (Wildman–Crippen LogP) is 5.03. The highest BCUT2D eigenvalue weighted by molar-refractivity contribution is 9.09. The zero-order chi connectivity index (χ0) is 16.7. The second kappa shape index (κ2) is 9.19. The Morgan fingerprint density at radius 3 is 2.50 bits per heavy atom. The van der Waals surface area contributed by atoms with Gasteiger partial charge in [0, 0.05) is 10.7 Å². The Labute approximate surface area is 143 Å². The van der Waals surface area contributed by atoms with Gasteiger partial charge in [0.2, 0.25) is 5.91 Å². The molecule has 0 radical (unpaired) electrons. The molecule has 0 bridgehead atoms. The summed E-state index contributed by atoms with van der Waals surface area (Å²) in [7, 11) is 0. The summed E-state index contributed by atoms with van der Waals surface area (Å²) in [5, 5.41) is 2.93. The molecule has 1 atom stereocenters. The molecule has 0 spiro atoms. The summed E-state index contributed by atoms with van der Waals surface area (Å²) in [4.78, 5) is 12.3. The zero-order valence-electron chi connectivity index (χ0n) is 14.3. The molecule has 1 aromatic carbocycles. The van der Waals surface area contributed by atoms with Gasteiger partial charge in [0.25, 0.3) is 0 Å². The lowest BCUT2D eigenvalue weighted by Gasteiger charge is -2.16. The lowest BCUT2D eigenvalue weighted by atomic mass is 10.0. The molecule has 0 heterocycles. The van der Waals surface area contributed by atoms with E-state index in [1.165, 1.54) is 5.56 Å². The fourth-order valence-corrected chi connectivity index (χ4v) is 3.32. The average Bonchev–Trinajstić information content (AvgIpc) is 2.40. The monoisotopic (exact) mass is 369 g/mol. The minimum atomic E-state index is -0.0490. The Bertz CT molecular complexity index is 486. The van der Waals surface area contributed by atoms with Crippen LogP contribution in [0.4, 0.5) is 5.69 Å². The van der Waals surface area contributed by atoms with E-state index in [9.17, 15) is 4.79 Å². The van der Waals surface area contributed by atoms with Crippen LogP contribution in [0.5, 0.6) is 5.75 Å². The molecule has 0 fully saturated rings. The highest BCUT2D eigenvalue weighted by atomic mass is 79.9. The van der Waals surface area contributed by atoms with Crippen molar-refractivity contribution in [2.45, 2.75) is 52.3 Å². The van der Waals surface area contributed by atoms with Gasteiger partial charge >= 0.3 is 0 Å². The van der Waals surface area contributed by atoms with E-state index in [1.807, 2.05) is 32.9 Å². The van der Waals surface area contributed by atoms with Gasteiger partial charge in [-0.15, -0.1) is 0 Å². The molecule has 4 heteroatoms. The number of nitrogens with one attached hydrogen (secondary N) is 1. The first-order valence-corrected chi connectivity index (χ1v) is 8.95. The van der Waals surface area contributed by atoms with Crippen molar-refractivity contribution in [3.63, 3.8) is 0 Å². The minimum Gasteiger partial charge on any atom is -0.492 e. The van der Waals surface area contributed by atoms with Gasteiger partial charge in [-0.1, -0.05) is 49.7 Å². The van der Waals surface area contributed by atoms with Crippen LogP contribution >= 0.6 is 15.9 Å². The zero-order valence-corrected chi connectivity index (χ0v) is 15.9. The van der Waals surface area contributed by atoms with Gasteiger partial charge in [-0.2, -0.15) is 0 Å². The number of carbonyl (C=O) groups excluding carboxylic acids is 1. The lowest BCUT2D eigenvalue weighted by molar-refractivity contribution is -0.118. The molecule has 124 valence electrons. The number of hydrogen-bond donors (Lipinski definition) is 1. The normalized spacial score (nSPS) is 12.5. The van der Waals surface area contributed by atoms with Gasteiger partial charge in [-0.3, -0.25) is 4.79 Å². The smallest absolute Gasteiger partial charge is 0.227 e. The maximum absolute atomic E-state index is 11.9. The van der Waals surface area contributed by atoms with Crippen molar-refractivity contribution >= 4 is 27.5 Å². The van der Waals surface area contributed by atoms with E-state index in [1.54, 1.807) is 0 Å². The van der Waals surface area contributed by atoms with Crippen molar-refractivity contribution in [2.75, 3.05) is 11.9 Å². The molecule has 1 rings (SSSR count). The van der Waals surface area contributed by atoms with E-state index in [2.05, 4.69) is 41.2 Å². The first kappa shape index (κ1) is 19.0. The molecule has 3 nitrogen and oxygen atoms in total. The van der Waals surface area contributed by atoms with Crippen molar-refractivity contribution in [1.82, 2.24) is 0 Å². The maximum atomic E-state index is 11.9.